The number of nitrogens with zero attached hydrogens (tertiary/aromatic N) is 2. The summed E-state index contributed by atoms with van der Waals surface area (Å²) in [6.07, 6.45) is 0. The van der Waals surface area contributed by atoms with E-state index in [1.165, 1.54) is 18.5 Å². The second kappa shape index (κ2) is 4.18. The van der Waals surface area contributed by atoms with E-state index < -0.39 is 0 Å². The SMILES string of the molecule is CC(=O)Nc1nsc(-c2ccccc2)n1. The first-order valence-corrected chi connectivity index (χ1v) is 5.20. The summed E-state index contributed by atoms with van der Waals surface area (Å²) in [4.78, 5) is 15.0. The predicted molar refractivity (Wildman–Crippen MR) is 59.6 cm³/mol. The number of carbonyl (C=O) groups is 1. The van der Waals surface area contributed by atoms with Crippen molar-refractivity contribution in [2.45, 2.75) is 6.92 Å². The third-order valence-electron chi connectivity index (χ3n) is 1.73. The van der Waals surface area contributed by atoms with E-state index in [-0.39, 0.29) is 5.91 Å². The van der Waals surface area contributed by atoms with Crippen molar-refractivity contribution in [3.8, 4) is 10.6 Å². The number of hydrogen-bond donors (Lipinski definition) is 1. The van der Waals surface area contributed by atoms with E-state index >= 15 is 0 Å². The van der Waals surface area contributed by atoms with Gasteiger partial charge in [-0.1, -0.05) is 30.3 Å². The van der Waals surface area contributed by atoms with Crippen LogP contribution in [-0.4, -0.2) is 15.3 Å². The standard InChI is InChI=1S/C10H9N3OS/c1-7(14)11-10-12-9(15-13-10)8-5-3-2-4-6-8/h2-6H,1H3,(H,11,13,14). The average Bonchev–Trinajstić information content (AvgIpc) is 2.67. The number of rotatable bonds is 2. The summed E-state index contributed by atoms with van der Waals surface area (Å²) in [5.74, 6) is 0.207. The van der Waals surface area contributed by atoms with Crippen molar-refractivity contribution >= 4 is 23.4 Å². The van der Waals surface area contributed by atoms with Gasteiger partial charge in [0.1, 0.15) is 5.01 Å². The van der Waals surface area contributed by atoms with E-state index in [0.29, 0.717) is 5.95 Å². The third kappa shape index (κ3) is 2.38. The molecule has 2 aromatic rings. The maximum Gasteiger partial charge on any atom is 0.241 e. The first-order chi connectivity index (χ1) is 7.25. The minimum absolute atomic E-state index is 0.160. The number of benzene rings is 1. The first kappa shape index (κ1) is 9.79. The highest BCUT2D eigenvalue weighted by molar-refractivity contribution is 7.09. The summed E-state index contributed by atoms with van der Waals surface area (Å²) in [6, 6.07) is 9.74. The number of aromatic nitrogens is 2. The number of amides is 1. The van der Waals surface area contributed by atoms with E-state index in [0.717, 1.165) is 10.6 Å². The molecule has 0 atom stereocenters. The summed E-state index contributed by atoms with van der Waals surface area (Å²) >= 11 is 1.27. The maximum absolute atomic E-state index is 10.8. The fourth-order valence-electron chi connectivity index (χ4n) is 1.13. The average molecular weight is 219 g/mol. The largest absolute Gasteiger partial charge is 0.294 e. The molecule has 0 bridgehead atoms. The fourth-order valence-corrected chi connectivity index (χ4v) is 1.76. The summed E-state index contributed by atoms with van der Waals surface area (Å²) < 4.78 is 4.03. The van der Waals surface area contributed by atoms with Crippen LogP contribution in [-0.2, 0) is 4.79 Å². The fraction of sp³-hybridized carbons (Fsp3) is 0.100. The van der Waals surface area contributed by atoms with Gasteiger partial charge in [0.15, 0.2) is 0 Å². The molecule has 5 heteroatoms. The van der Waals surface area contributed by atoms with Gasteiger partial charge >= 0.3 is 0 Å². The van der Waals surface area contributed by atoms with Gasteiger partial charge in [-0.2, -0.15) is 9.36 Å². The molecule has 2 rings (SSSR count). The minimum Gasteiger partial charge on any atom is -0.294 e. The smallest absolute Gasteiger partial charge is 0.241 e. The minimum atomic E-state index is -0.160. The van der Waals surface area contributed by atoms with Gasteiger partial charge in [0, 0.05) is 12.5 Å². The van der Waals surface area contributed by atoms with Crippen molar-refractivity contribution in [2.75, 3.05) is 5.32 Å². The van der Waals surface area contributed by atoms with Crippen LogP contribution in [0.3, 0.4) is 0 Å². The van der Waals surface area contributed by atoms with Gasteiger partial charge in [0.05, 0.1) is 0 Å². The van der Waals surface area contributed by atoms with Gasteiger partial charge in [-0.25, -0.2) is 0 Å². The van der Waals surface area contributed by atoms with Gasteiger partial charge in [-0.3, -0.25) is 10.1 Å². The second-order valence-electron chi connectivity index (χ2n) is 2.97. The molecule has 0 aliphatic heterocycles. The molecular weight excluding hydrogens is 210 g/mol. The molecule has 76 valence electrons. The summed E-state index contributed by atoms with van der Waals surface area (Å²) in [6.45, 7) is 1.43. The van der Waals surface area contributed by atoms with Crippen molar-refractivity contribution in [3.05, 3.63) is 30.3 Å². The van der Waals surface area contributed by atoms with Crippen LogP contribution in [0.25, 0.3) is 10.6 Å². The van der Waals surface area contributed by atoms with Crippen molar-refractivity contribution in [2.24, 2.45) is 0 Å². The van der Waals surface area contributed by atoms with Gasteiger partial charge in [-0.05, 0) is 11.5 Å². The van der Waals surface area contributed by atoms with E-state index in [2.05, 4.69) is 14.7 Å². The Morgan fingerprint density at radius 1 is 1.33 bits per heavy atom. The molecule has 1 N–H and O–H groups in total. The molecule has 0 fully saturated rings. The Hall–Kier alpha value is -1.75. The molecule has 0 aliphatic rings. The molecule has 4 nitrogen and oxygen atoms in total. The summed E-state index contributed by atoms with van der Waals surface area (Å²) in [5.41, 5.74) is 1.01. The first-order valence-electron chi connectivity index (χ1n) is 4.42. The lowest BCUT2D eigenvalue weighted by molar-refractivity contribution is -0.114. The topological polar surface area (TPSA) is 54.9 Å². The number of anilines is 1. The van der Waals surface area contributed by atoms with Crippen LogP contribution in [0.1, 0.15) is 6.92 Å². The second-order valence-corrected chi connectivity index (χ2v) is 3.72. The van der Waals surface area contributed by atoms with Gasteiger partial charge in [-0.15, -0.1) is 0 Å². The molecule has 1 amide bonds. The van der Waals surface area contributed by atoms with Crippen LogP contribution in [0.4, 0.5) is 5.95 Å². The van der Waals surface area contributed by atoms with Gasteiger partial charge < -0.3 is 0 Å². The lowest BCUT2D eigenvalue weighted by Gasteiger charge is -1.93. The Bertz CT molecular complexity index is 467. The van der Waals surface area contributed by atoms with E-state index in [1.54, 1.807) is 0 Å². The van der Waals surface area contributed by atoms with Crippen LogP contribution in [0.5, 0.6) is 0 Å². The lowest BCUT2D eigenvalue weighted by atomic mass is 10.2. The summed E-state index contributed by atoms with van der Waals surface area (Å²) in [7, 11) is 0. The highest BCUT2D eigenvalue weighted by atomic mass is 32.1. The highest BCUT2D eigenvalue weighted by Gasteiger charge is 2.06. The molecule has 1 heterocycles. The molecule has 0 saturated carbocycles. The molecule has 0 radical (unpaired) electrons. The Kier molecular flexibility index (Phi) is 2.73. The zero-order valence-corrected chi connectivity index (χ0v) is 8.91. The molecule has 15 heavy (non-hydrogen) atoms. The predicted octanol–water partition coefficient (Wildman–Crippen LogP) is 2.16. The maximum atomic E-state index is 10.8. The van der Waals surface area contributed by atoms with Gasteiger partial charge in [0.2, 0.25) is 11.9 Å². The molecule has 0 saturated heterocycles. The van der Waals surface area contributed by atoms with Gasteiger partial charge in [0.25, 0.3) is 0 Å². The zero-order valence-electron chi connectivity index (χ0n) is 8.10. The van der Waals surface area contributed by atoms with Crippen LogP contribution in [0.15, 0.2) is 30.3 Å². The van der Waals surface area contributed by atoms with Crippen LogP contribution in [0, 0.1) is 0 Å². The third-order valence-corrected chi connectivity index (χ3v) is 2.50. The molecular formula is C10H9N3OS. The number of nitrogens with one attached hydrogen (secondary N) is 1. The molecule has 1 aromatic carbocycles. The van der Waals surface area contributed by atoms with Crippen LogP contribution >= 0.6 is 11.5 Å². The molecule has 0 unspecified atom stereocenters. The zero-order chi connectivity index (χ0) is 10.7. The molecule has 1 aromatic heterocycles. The van der Waals surface area contributed by atoms with E-state index in [9.17, 15) is 4.79 Å². The Labute approximate surface area is 91.2 Å². The highest BCUT2D eigenvalue weighted by Crippen LogP contribution is 2.22. The van der Waals surface area contributed by atoms with E-state index in [4.69, 9.17) is 0 Å². The van der Waals surface area contributed by atoms with Crippen molar-refractivity contribution in [1.29, 1.82) is 0 Å². The van der Waals surface area contributed by atoms with Crippen molar-refractivity contribution < 1.29 is 4.79 Å². The lowest BCUT2D eigenvalue weighted by Crippen LogP contribution is -2.06. The van der Waals surface area contributed by atoms with Crippen LogP contribution in [0.2, 0.25) is 0 Å². The quantitative estimate of drug-likeness (QED) is 0.842. The van der Waals surface area contributed by atoms with Crippen molar-refractivity contribution in [1.82, 2.24) is 9.36 Å². The number of carbonyl (C=O) groups excluding carboxylic acids is 1. The van der Waals surface area contributed by atoms with Crippen LogP contribution < -0.4 is 5.32 Å². The Morgan fingerprint density at radius 3 is 2.73 bits per heavy atom. The Morgan fingerprint density at radius 2 is 2.07 bits per heavy atom. The Balaban J connectivity index is 2.24. The molecule has 0 aliphatic carbocycles. The van der Waals surface area contributed by atoms with Crippen molar-refractivity contribution in [3.63, 3.8) is 0 Å². The molecule has 0 spiro atoms. The normalized spacial score (nSPS) is 9.93. The monoisotopic (exact) mass is 219 g/mol. The van der Waals surface area contributed by atoms with E-state index in [1.807, 2.05) is 30.3 Å². The number of hydrogen-bond acceptors (Lipinski definition) is 4. The summed E-state index contributed by atoms with van der Waals surface area (Å²) in [5, 5.41) is 3.35.